The number of ether oxygens (including phenoxy) is 2. The number of methoxy groups -OCH3 is 1. The van der Waals surface area contributed by atoms with Crippen LogP contribution in [0, 0.1) is 11.8 Å². The number of benzene rings is 1. The van der Waals surface area contributed by atoms with Crippen LogP contribution in [0.15, 0.2) is 42.6 Å². The number of hydrogen-bond acceptors (Lipinski definition) is 7. The van der Waals surface area contributed by atoms with Crippen molar-refractivity contribution in [1.29, 1.82) is 0 Å². The van der Waals surface area contributed by atoms with E-state index in [1.807, 2.05) is 12.1 Å². The van der Waals surface area contributed by atoms with Gasteiger partial charge in [0.05, 0.1) is 18.8 Å². The number of hydrogen-bond donors (Lipinski definition) is 2. The van der Waals surface area contributed by atoms with Crippen LogP contribution in [0.3, 0.4) is 0 Å². The van der Waals surface area contributed by atoms with Crippen molar-refractivity contribution >= 4 is 11.8 Å². The molecule has 1 saturated carbocycles. The normalized spacial score (nSPS) is 26.7. The van der Waals surface area contributed by atoms with Gasteiger partial charge in [-0.15, -0.1) is 0 Å². The summed E-state index contributed by atoms with van der Waals surface area (Å²) >= 11 is 0. The Labute approximate surface area is 170 Å². The quantitative estimate of drug-likeness (QED) is 0.746. The lowest BCUT2D eigenvalue weighted by Crippen LogP contribution is -2.42. The van der Waals surface area contributed by atoms with Crippen LogP contribution in [-0.2, 0) is 11.3 Å². The third-order valence-corrected chi connectivity index (χ3v) is 6.02. The van der Waals surface area contributed by atoms with Gasteiger partial charge in [-0.05, 0) is 48.9 Å². The summed E-state index contributed by atoms with van der Waals surface area (Å²) in [6, 6.07) is 10.8. The minimum absolute atomic E-state index is 0.285. The van der Waals surface area contributed by atoms with Gasteiger partial charge in [0.25, 0.3) is 0 Å². The highest BCUT2D eigenvalue weighted by molar-refractivity contribution is 5.89. The predicted octanol–water partition coefficient (Wildman–Crippen LogP) is 2.10. The largest absolute Gasteiger partial charge is 0.488 e. The maximum absolute atomic E-state index is 11.7. The minimum Gasteiger partial charge on any atom is -0.488 e. The number of carbonyl (C=O) groups is 1. The molecule has 0 spiro atoms. The Morgan fingerprint density at radius 3 is 2.79 bits per heavy atom. The topological polar surface area (TPSA) is 97.9 Å². The zero-order valence-corrected chi connectivity index (χ0v) is 16.5. The standard InChI is InChI=1S/C22H27N3O4/c1-28-22(27)14-4-2-6-18(8-14)29-20-10-17-13-25(12-16(17)9-19(20)26)11-15-5-3-7-24-21(15)23/h2-8,16-17,19-20,26H,9-13H2,1H3,(H2,23,24)/t16-,17+,19+,20+/m0/s1. The van der Waals surface area contributed by atoms with Crippen LogP contribution in [-0.4, -0.2) is 53.4 Å². The Morgan fingerprint density at radius 1 is 1.24 bits per heavy atom. The number of pyridine rings is 1. The Hall–Kier alpha value is -2.64. The molecule has 0 bridgehead atoms. The highest BCUT2D eigenvalue weighted by atomic mass is 16.5. The second-order valence-electron chi connectivity index (χ2n) is 7.98. The number of aliphatic hydroxyl groups is 1. The molecule has 2 heterocycles. The molecule has 1 aromatic heterocycles. The van der Waals surface area contributed by atoms with E-state index in [9.17, 15) is 9.90 Å². The van der Waals surface area contributed by atoms with Crippen LogP contribution in [0.2, 0.25) is 0 Å². The van der Waals surface area contributed by atoms with E-state index in [4.69, 9.17) is 15.2 Å². The number of esters is 1. The summed E-state index contributed by atoms with van der Waals surface area (Å²) in [5, 5.41) is 10.7. The monoisotopic (exact) mass is 397 g/mol. The fourth-order valence-electron chi connectivity index (χ4n) is 4.56. The lowest BCUT2D eigenvalue weighted by molar-refractivity contribution is -0.0231. The van der Waals surface area contributed by atoms with Crippen LogP contribution < -0.4 is 10.5 Å². The first kappa shape index (κ1) is 19.7. The number of nitrogens with two attached hydrogens (primary N) is 1. The molecule has 2 aromatic rings. The molecule has 1 aliphatic heterocycles. The van der Waals surface area contributed by atoms with E-state index in [1.165, 1.54) is 7.11 Å². The Bertz CT molecular complexity index is 875. The summed E-state index contributed by atoms with van der Waals surface area (Å²) in [5.41, 5.74) is 7.47. The molecule has 7 heteroatoms. The van der Waals surface area contributed by atoms with Gasteiger partial charge in [0.1, 0.15) is 17.7 Å². The van der Waals surface area contributed by atoms with Gasteiger partial charge in [0, 0.05) is 31.4 Å². The minimum atomic E-state index is -0.526. The zero-order chi connectivity index (χ0) is 20.4. The van der Waals surface area contributed by atoms with E-state index in [1.54, 1.807) is 30.5 Å². The predicted molar refractivity (Wildman–Crippen MR) is 108 cm³/mol. The maximum Gasteiger partial charge on any atom is 0.337 e. The van der Waals surface area contributed by atoms with Crippen molar-refractivity contribution in [2.75, 3.05) is 25.9 Å². The summed E-state index contributed by atoms with van der Waals surface area (Å²) in [7, 11) is 1.35. The lowest BCUT2D eigenvalue weighted by atomic mass is 9.78. The van der Waals surface area contributed by atoms with E-state index < -0.39 is 12.1 Å². The molecule has 1 saturated heterocycles. The van der Waals surface area contributed by atoms with E-state index in [-0.39, 0.29) is 6.10 Å². The molecule has 154 valence electrons. The van der Waals surface area contributed by atoms with Gasteiger partial charge in [-0.25, -0.2) is 9.78 Å². The van der Waals surface area contributed by atoms with Crippen LogP contribution in [0.1, 0.15) is 28.8 Å². The average molecular weight is 397 g/mol. The summed E-state index contributed by atoms with van der Waals surface area (Å²) < 4.78 is 10.8. The third kappa shape index (κ3) is 4.36. The number of nitrogen functional groups attached to an aromatic ring is 1. The van der Waals surface area contributed by atoms with Crippen molar-refractivity contribution in [2.24, 2.45) is 11.8 Å². The summed E-state index contributed by atoms with van der Waals surface area (Å²) in [6.45, 7) is 2.67. The molecule has 4 atom stereocenters. The highest BCUT2D eigenvalue weighted by Gasteiger charge is 2.42. The maximum atomic E-state index is 11.7. The zero-order valence-electron chi connectivity index (χ0n) is 16.5. The number of aliphatic hydroxyl groups excluding tert-OH is 1. The number of rotatable bonds is 5. The number of aromatic nitrogens is 1. The van der Waals surface area contributed by atoms with Crippen molar-refractivity contribution < 1.29 is 19.4 Å². The molecule has 3 N–H and O–H groups in total. The van der Waals surface area contributed by atoms with Crippen molar-refractivity contribution in [2.45, 2.75) is 31.6 Å². The number of likely N-dealkylation sites (tertiary alicyclic amines) is 1. The molecule has 0 amide bonds. The smallest absolute Gasteiger partial charge is 0.337 e. The van der Waals surface area contributed by atoms with Gasteiger partial charge in [-0.2, -0.15) is 0 Å². The summed E-state index contributed by atoms with van der Waals surface area (Å²) in [6.07, 6.45) is 2.39. The molecular weight excluding hydrogens is 370 g/mol. The number of anilines is 1. The number of fused-ring (bicyclic) bond motifs is 1. The van der Waals surface area contributed by atoms with Crippen LogP contribution >= 0.6 is 0 Å². The fraction of sp³-hybridized carbons (Fsp3) is 0.455. The van der Waals surface area contributed by atoms with Crippen molar-refractivity contribution in [3.63, 3.8) is 0 Å². The van der Waals surface area contributed by atoms with Gasteiger partial charge >= 0.3 is 5.97 Å². The van der Waals surface area contributed by atoms with Gasteiger partial charge in [0.2, 0.25) is 0 Å². The first-order chi connectivity index (χ1) is 14.0. The molecule has 1 aliphatic carbocycles. The molecule has 4 rings (SSSR count). The van der Waals surface area contributed by atoms with E-state index in [2.05, 4.69) is 9.88 Å². The van der Waals surface area contributed by atoms with E-state index in [0.29, 0.717) is 35.4 Å². The van der Waals surface area contributed by atoms with Crippen molar-refractivity contribution in [3.8, 4) is 5.75 Å². The van der Waals surface area contributed by atoms with Crippen LogP contribution in [0.5, 0.6) is 5.75 Å². The van der Waals surface area contributed by atoms with Crippen molar-refractivity contribution in [3.05, 3.63) is 53.7 Å². The van der Waals surface area contributed by atoms with Gasteiger partial charge in [-0.1, -0.05) is 12.1 Å². The lowest BCUT2D eigenvalue weighted by Gasteiger charge is -2.35. The second kappa shape index (κ2) is 8.39. The molecule has 1 aromatic carbocycles. The molecular formula is C22H27N3O4. The second-order valence-corrected chi connectivity index (χ2v) is 7.98. The summed E-state index contributed by atoms with van der Waals surface area (Å²) in [4.78, 5) is 18.3. The molecule has 0 unspecified atom stereocenters. The van der Waals surface area contributed by atoms with Crippen LogP contribution in [0.4, 0.5) is 5.82 Å². The fourth-order valence-corrected chi connectivity index (χ4v) is 4.56. The average Bonchev–Trinajstić information content (AvgIpc) is 3.10. The first-order valence-electron chi connectivity index (χ1n) is 9.98. The SMILES string of the molecule is COC(=O)c1cccc(O[C@@H]2C[C@@H]3CN(Cc4cccnc4N)C[C@@H]3C[C@H]2O)c1. The molecule has 7 nitrogen and oxygen atoms in total. The summed E-state index contributed by atoms with van der Waals surface area (Å²) in [5.74, 6) is 1.66. The van der Waals surface area contributed by atoms with E-state index >= 15 is 0 Å². The first-order valence-corrected chi connectivity index (χ1v) is 9.98. The molecule has 2 fully saturated rings. The molecule has 29 heavy (non-hydrogen) atoms. The molecule has 0 radical (unpaired) electrons. The Kier molecular flexibility index (Phi) is 5.69. The van der Waals surface area contributed by atoms with Crippen LogP contribution in [0.25, 0.3) is 0 Å². The van der Waals surface area contributed by atoms with E-state index in [0.717, 1.165) is 31.6 Å². The Morgan fingerprint density at radius 2 is 2.03 bits per heavy atom. The number of nitrogens with zero attached hydrogens (tertiary/aromatic N) is 2. The highest BCUT2D eigenvalue weighted by Crippen LogP contribution is 2.38. The Balaban J connectivity index is 1.39. The molecule has 2 aliphatic rings. The van der Waals surface area contributed by atoms with Crippen molar-refractivity contribution in [1.82, 2.24) is 9.88 Å². The van der Waals surface area contributed by atoms with Gasteiger partial charge in [-0.3, -0.25) is 4.90 Å². The van der Waals surface area contributed by atoms with Gasteiger partial charge < -0.3 is 20.3 Å². The third-order valence-electron chi connectivity index (χ3n) is 6.02. The number of carbonyl (C=O) groups excluding carboxylic acids is 1. The van der Waals surface area contributed by atoms with Gasteiger partial charge in [0.15, 0.2) is 0 Å².